The Kier molecular flexibility index (Phi) is 8.21. The molecule has 34 heavy (non-hydrogen) atoms. The van der Waals surface area contributed by atoms with Crippen LogP contribution in [-0.4, -0.2) is 80.4 Å². The van der Waals surface area contributed by atoms with E-state index in [-0.39, 0.29) is 23.6 Å². The van der Waals surface area contributed by atoms with Crippen LogP contribution in [0.2, 0.25) is 0 Å². The Bertz CT molecular complexity index is 872. The van der Waals surface area contributed by atoms with Gasteiger partial charge in [0.2, 0.25) is 5.91 Å². The minimum atomic E-state index is -0.659. The van der Waals surface area contributed by atoms with Crippen LogP contribution in [0.1, 0.15) is 44.0 Å². The smallest absolute Gasteiger partial charge is 0.410 e. The highest BCUT2D eigenvalue weighted by Crippen LogP contribution is 2.28. The maximum Gasteiger partial charge on any atom is 0.410 e. The van der Waals surface area contributed by atoms with Crippen LogP contribution in [0.5, 0.6) is 11.5 Å². The highest BCUT2D eigenvalue weighted by Gasteiger charge is 2.36. The molecule has 1 aromatic rings. The number of piperidine rings is 1. The zero-order chi connectivity index (χ0) is 24.9. The fraction of sp³-hybridized carbons (Fsp3) is 0.609. The first-order valence-electron chi connectivity index (χ1n) is 11.4. The van der Waals surface area contributed by atoms with Gasteiger partial charge in [-0.2, -0.15) is 0 Å². The van der Waals surface area contributed by atoms with E-state index >= 15 is 0 Å². The molecule has 11 heteroatoms. The topological polar surface area (TPSA) is 130 Å². The van der Waals surface area contributed by atoms with E-state index in [1.807, 2.05) is 20.8 Å². The van der Waals surface area contributed by atoms with Crippen molar-refractivity contribution in [1.82, 2.24) is 26.4 Å². The monoisotopic (exact) mass is 477 g/mol. The van der Waals surface area contributed by atoms with Crippen LogP contribution >= 0.6 is 0 Å². The number of carbonyl (C=O) groups is 3. The lowest BCUT2D eigenvalue weighted by molar-refractivity contribution is -0.124. The second kappa shape index (κ2) is 10.9. The SMILES string of the molecule is COc1cccc(OC)c1C(=O)NC1CNNC1C(=O)NC1CCN(C(=O)OC(C)(C)C)CC1. The number of hydrogen-bond acceptors (Lipinski definition) is 8. The highest BCUT2D eigenvalue weighted by molar-refractivity contribution is 6.00. The largest absolute Gasteiger partial charge is 0.496 e. The van der Waals surface area contributed by atoms with Gasteiger partial charge in [-0.05, 0) is 45.7 Å². The summed E-state index contributed by atoms with van der Waals surface area (Å²) in [5.41, 5.74) is 5.61. The maximum absolute atomic E-state index is 13.0. The molecule has 2 aliphatic heterocycles. The number of nitrogens with one attached hydrogen (secondary N) is 4. The first-order valence-corrected chi connectivity index (χ1v) is 11.4. The van der Waals surface area contributed by atoms with Crippen molar-refractivity contribution in [2.75, 3.05) is 33.9 Å². The summed E-state index contributed by atoms with van der Waals surface area (Å²) in [5.74, 6) is 0.147. The number of rotatable bonds is 6. The van der Waals surface area contributed by atoms with E-state index in [0.717, 1.165) is 0 Å². The summed E-state index contributed by atoms with van der Waals surface area (Å²) in [6, 6.07) is 3.88. The second-order valence-corrected chi connectivity index (χ2v) is 9.37. The predicted molar refractivity (Wildman–Crippen MR) is 125 cm³/mol. The third-order valence-electron chi connectivity index (χ3n) is 5.73. The lowest BCUT2D eigenvalue weighted by Crippen LogP contribution is -2.56. The van der Waals surface area contributed by atoms with Crippen LogP contribution in [0.3, 0.4) is 0 Å². The number of likely N-dealkylation sites (tertiary alicyclic amines) is 1. The lowest BCUT2D eigenvalue weighted by atomic mass is 10.0. The van der Waals surface area contributed by atoms with Crippen molar-refractivity contribution in [3.8, 4) is 11.5 Å². The standard InChI is InChI=1S/C23H35N5O6/c1-23(2,3)34-22(31)28-11-9-14(10-12-28)25-21(30)19-15(13-24-27-19)26-20(29)18-16(32-4)7-6-8-17(18)33-5/h6-8,14-15,19,24,27H,9-13H2,1-5H3,(H,25,30)(H,26,29). The van der Waals surface area contributed by atoms with Crippen molar-refractivity contribution >= 4 is 17.9 Å². The zero-order valence-electron chi connectivity index (χ0n) is 20.4. The molecule has 2 heterocycles. The number of ether oxygens (including phenoxy) is 3. The van der Waals surface area contributed by atoms with Crippen LogP contribution < -0.4 is 31.0 Å². The van der Waals surface area contributed by atoms with E-state index in [4.69, 9.17) is 14.2 Å². The Morgan fingerprint density at radius 2 is 1.65 bits per heavy atom. The summed E-state index contributed by atoms with van der Waals surface area (Å²) in [5, 5.41) is 5.94. The molecule has 2 aliphatic rings. The van der Waals surface area contributed by atoms with Crippen molar-refractivity contribution in [3.63, 3.8) is 0 Å². The van der Waals surface area contributed by atoms with E-state index in [1.165, 1.54) is 14.2 Å². The molecule has 0 bridgehead atoms. The molecular weight excluding hydrogens is 442 g/mol. The number of hydrazine groups is 1. The van der Waals surface area contributed by atoms with Crippen molar-refractivity contribution in [3.05, 3.63) is 23.8 Å². The molecule has 0 spiro atoms. The molecule has 188 valence electrons. The lowest BCUT2D eigenvalue weighted by Gasteiger charge is -2.34. The first kappa shape index (κ1) is 25.6. The first-order chi connectivity index (χ1) is 16.1. The van der Waals surface area contributed by atoms with Crippen molar-refractivity contribution in [1.29, 1.82) is 0 Å². The van der Waals surface area contributed by atoms with Gasteiger partial charge >= 0.3 is 6.09 Å². The summed E-state index contributed by atoms with van der Waals surface area (Å²) < 4.78 is 16.0. The third kappa shape index (κ3) is 6.29. The molecule has 2 atom stereocenters. The average molecular weight is 478 g/mol. The molecule has 0 aliphatic carbocycles. The fourth-order valence-electron chi connectivity index (χ4n) is 4.02. The van der Waals surface area contributed by atoms with E-state index in [1.54, 1.807) is 23.1 Å². The van der Waals surface area contributed by atoms with Crippen molar-refractivity contribution < 1.29 is 28.6 Å². The Balaban J connectivity index is 1.55. The molecule has 0 aromatic heterocycles. The molecule has 2 unspecified atom stereocenters. The summed E-state index contributed by atoms with van der Waals surface area (Å²) >= 11 is 0. The summed E-state index contributed by atoms with van der Waals surface area (Å²) in [4.78, 5) is 39.9. The van der Waals surface area contributed by atoms with Crippen molar-refractivity contribution in [2.45, 2.75) is 57.3 Å². The van der Waals surface area contributed by atoms with Gasteiger partial charge in [0, 0.05) is 25.7 Å². The van der Waals surface area contributed by atoms with Gasteiger partial charge < -0.3 is 29.7 Å². The number of carbonyl (C=O) groups excluding carboxylic acids is 3. The molecule has 1 aromatic carbocycles. The quantitative estimate of drug-likeness (QED) is 0.473. The molecule has 2 fully saturated rings. The van der Waals surface area contributed by atoms with Gasteiger partial charge in [0.15, 0.2) is 0 Å². The molecule has 0 saturated carbocycles. The van der Waals surface area contributed by atoms with Gasteiger partial charge in [-0.15, -0.1) is 0 Å². The van der Waals surface area contributed by atoms with Gasteiger partial charge in [-0.1, -0.05) is 6.07 Å². The van der Waals surface area contributed by atoms with Gasteiger partial charge in [-0.3, -0.25) is 15.0 Å². The number of benzene rings is 1. The van der Waals surface area contributed by atoms with Crippen LogP contribution in [0.15, 0.2) is 18.2 Å². The number of methoxy groups -OCH3 is 2. The van der Waals surface area contributed by atoms with E-state index < -0.39 is 23.6 Å². The van der Waals surface area contributed by atoms with Crippen LogP contribution in [0.4, 0.5) is 4.79 Å². The molecule has 11 nitrogen and oxygen atoms in total. The number of hydrogen-bond donors (Lipinski definition) is 4. The van der Waals surface area contributed by atoms with Crippen LogP contribution in [0, 0.1) is 0 Å². The normalized spacial score (nSPS) is 21.0. The Morgan fingerprint density at radius 1 is 1.03 bits per heavy atom. The van der Waals surface area contributed by atoms with Gasteiger partial charge in [0.1, 0.15) is 28.7 Å². The predicted octanol–water partition coefficient (Wildman–Crippen LogP) is 0.794. The second-order valence-electron chi connectivity index (χ2n) is 9.37. The molecular formula is C23H35N5O6. The third-order valence-corrected chi connectivity index (χ3v) is 5.73. The Hall–Kier alpha value is -3.05. The van der Waals surface area contributed by atoms with Crippen LogP contribution in [0.25, 0.3) is 0 Å². The minimum absolute atomic E-state index is 0.0701. The Morgan fingerprint density at radius 3 is 2.21 bits per heavy atom. The number of amides is 3. The maximum atomic E-state index is 13.0. The van der Waals surface area contributed by atoms with Crippen molar-refractivity contribution in [2.24, 2.45) is 0 Å². The highest BCUT2D eigenvalue weighted by atomic mass is 16.6. The molecule has 3 rings (SSSR count). The van der Waals surface area contributed by atoms with Gasteiger partial charge in [-0.25, -0.2) is 10.2 Å². The number of nitrogens with zero attached hydrogens (tertiary/aromatic N) is 1. The average Bonchev–Trinajstić information content (AvgIpc) is 3.25. The summed E-state index contributed by atoms with van der Waals surface area (Å²) in [6.07, 6.45) is 0.912. The van der Waals surface area contributed by atoms with Crippen LogP contribution in [-0.2, 0) is 9.53 Å². The van der Waals surface area contributed by atoms with E-state index in [9.17, 15) is 14.4 Å². The van der Waals surface area contributed by atoms with E-state index in [0.29, 0.717) is 44.0 Å². The molecule has 3 amide bonds. The summed E-state index contributed by atoms with van der Waals surface area (Å²) in [6.45, 7) is 6.88. The van der Waals surface area contributed by atoms with E-state index in [2.05, 4.69) is 21.5 Å². The minimum Gasteiger partial charge on any atom is -0.496 e. The van der Waals surface area contributed by atoms with Gasteiger partial charge in [0.25, 0.3) is 5.91 Å². The van der Waals surface area contributed by atoms with Gasteiger partial charge in [0.05, 0.1) is 20.3 Å². The Labute approximate surface area is 199 Å². The summed E-state index contributed by atoms with van der Waals surface area (Å²) in [7, 11) is 2.96. The molecule has 2 saturated heterocycles. The zero-order valence-corrected chi connectivity index (χ0v) is 20.4. The molecule has 0 radical (unpaired) electrons. The fourth-order valence-corrected chi connectivity index (χ4v) is 4.02. The molecule has 4 N–H and O–H groups in total.